The number of hydrogen-bond acceptors (Lipinski definition) is 4. The number of aryl methyl sites for hydroxylation is 4. The first-order valence-electron chi connectivity index (χ1n) is 15.8. The summed E-state index contributed by atoms with van der Waals surface area (Å²) in [6, 6.07) is 22.4. The van der Waals surface area contributed by atoms with Gasteiger partial charge in [-0.15, -0.1) is 0 Å². The summed E-state index contributed by atoms with van der Waals surface area (Å²) in [6.45, 7) is 14.2. The molecule has 0 aliphatic carbocycles. The number of ether oxygens (including phenoxy) is 1. The van der Waals surface area contributed by atoms with Crippen LogP contribution in [0, 0.1) is 44.4 Å². The number of Topliss-reactive ketones (excluding diaryl/α,β-unsaturated/α-hetero) is 3. The van der Waals surface area contributed by atoms with Gasteiger partial charge in [0.15, 0.2) is 5.78 Å². The second-order valence-corrected chi connectivity index (χ2v) is 13.1. The molecule has 4 heteroatoms. The van der Waals surface area contributed by atoms with Crippen molar-refractivity contribution in [2.24, 2.45) is 23.7 Å². The van der Waals surface area contributed by atoms with E-state index in [1.54, 1.807) is 0 Å². The maximum absolute atomic E-state index is 14.3. The van der Waals surface area contributed by atoms with Gasteiger partial charge in [0, 0.05) is 24.3 Å². The lowest BCUT2D eigenvalue weighted by molar-refractivity contribution is -0.135. The molecule has 4 nitrogen and oxygen atoms in total. The SMILES string of the molecule is CCc1ccc(CC(CC(=O)c2cccc(C)c2C)C(C)C(=O)C2COC(C)(C)C2C(=O)CCc2ccccc2C)cc1. The van der Waals surface area contributed by atoms with Gasteiger partial charge in [0.1, 0.15) is 11.6 Å². The molecule has 1 saturated heterocycles. The highest BCUT2D eigenvalue weighted by molar-refractivity contribution is 5.98. The Morgan fingerprint density at radius 3 is 2.21 bits per heavy atom. The highest BCUT2D eigenvalue weighted by Crippen LogP contribution is 2.41. The smallest absolute Gasteiger partial charge is 0.163 e. The van der Waals surface area contributed by atoms with E-state index in [2.05, 4.69) is 50.2 Å². The summed E-state index contributed by atoms with van der Waals surface area (Å²) < 4.78 is 6.13. The molecule has 228 valence electrons. The fraction of sp³-hybridized carbons (Fsp3) is 0.462. The third-order valence-corrected chi connectivity index (χ3v) is 9.84. The van der Waals surface area contributed by atoms with Crippen LogP contribution >= 0.6 is 0 Å². The lowest BCUT2D eigenvalue weighted by atomic mass is 9.71. The molecule has 0 spiro atoms. The average Bonchev–Trinajstić information content (AvgIpc) is 3.31. The molecule has 3 aromatic carbocycles. The van der Waals surface area contributed by atoms with Gasteiger partial charge >= 0.3 is 0 Å². The minimum Gasteiger partial charge on any atom is -0.374 e. The lowest BCUT2D eigenvalue weighted by Crippen LogP contribution is -2.41. The van der Waals surface area contributed by atoms with E-state index in [1.165, 1.54) is 11.1 Å². The van der Waals surface area contributed by atoms with Crippen molar-refractivity contribution in [3.8, 4) is 0 Å². The number of benzene rings is 3. The van der Waals surface area contributed by atoms with Gasteiger partial charge in [-0.25, -0.2) is 0 Å². The summed E-state index contributed by atoms with van der Waals surface area (Å²) in [4.78, 5) is 41.8. The molecule has 1 aliphatic heterocycles. The summed E-state index contributed by atoms with van der Waals surface area (Å²) >= 11 is 0. The number of hydrogen-bond donors (Lipinski definition) is 0. The molecule has 3 aromatic rings. The number of carbonyl (C=O) groups excluding carboxylic acids is 3. The van der Waals surface area contributed by atoms with E-state index < -0.39 is 23.4 Å². The Kier molecular flexibility index (Phi) is 10.6. The number of rotatable bonds is 13. The Balaban J connectivity index is 1.58. The first-order valence-corrected chi connectivity index (χ1v) is 15.8. The van der Waals surface area contributed by atoms with E-state index in [1.807, 2.05) is 65.0 Å². The molecule has 4 unspecified atom stereocenters. The molecule has 0 bridgehead atoms. The summed E-state index contributed by atoms with van der Waals surface area (Å²) in [5, 5.41) is 0. The van der Waals surface area contributed by atoms with Crippen LogP contribution in [0.3, 0.4) is 0 Å². The van der Waals surface area contributed by atoms with Crippen LogP contribution < -0.4 is 0 Å². The Hall–Kier alpha value is -3.37. The van der Waals surface area contributed by atoms with Gasteiger partial charge in [-0.3, -0.25) is 14.4 Å². The van der Waals surface area contributed by atoms with Crippen LogP contribution in [0.2, 0.25) is 0 Å². The van der Waals surface area contributed by atoms with Gasteiger partial charge in [-0.2, -0.15) is 0 Å². The van der Waals surface area contributed by atoms with Crippen molar-refractivity contribution in [2.75, 3.05) is 6.61 Å². The monoisotopic (exact) mass is 580 g/mol. The lowest BCUT2D eigenvalue weighted by Gasteiger charge is -2.30. The number of carbonyl (C=O) groups is 3. The molecule has 4 rings (SSSR count). The molecule has 1 aliphatic rings. The first kappa shape index (κ1) is 32.5. The Morgan fingerprint density at radius 2 is 1.53 bits per heavy atom. The highest BCUT2D eigenvalue weighted by atomic mass is 16.5. The van der Waals surface area contributed by atoms with E-state index in [0.717, 1.165) is 34.2 Å². The van der Waals surface area contributed by atoms with Crippen LogP contribution in [0.4, 0.5) is 0 Å². The highest BCUT2D eigenvalue weighted by Gasteiger charge is 2.51. The van der Waals surface area contributed by atoms with Crippen LogP contribution in [0.25, 0.3) is 0 Å². The van der Waals surface area contributed by atoms with Crippen LogP contribution in [-0.4, -0.2) is 29.6 Å². The normalized spacial score (nSPS) is 19.1. The van der Waals surface area contributed by atoms with Crippen molar-refractivity contribution in [1.82, 2.24) is 0 Å². The average molecular weight is 581 g/mol. The molecule has 0 saturated carbocycles. The van der Waals surface area contributed by atoms with Gasteiger partial charge in [0.05, 0.1) is 24.0 Å². The molecule has 43 heavy (non-hydrogen) atoms. The molecule has 4 atom stereocenters. The van der Waals surface area contributed by atoms with Crippen LogP contribution in [-0.2, 0) is 33.6 Å². The topological polar surface area (TPSA) is 60.4 Å². The second kappa shape index (κ2) is 13.9. The van der Waals surface area contributed by atoms with E-state index in [9.17, 15) is 14.4 Å². The van der Waals surface area contributed by atoms with Crippen molar-refractivity contribution in [3.63, 3.8) is 0 Å². The maximum Gasteiger partial charge on any atom is 0.163 e. The van der Waals surface area contributed by atoms with Gasteiger partial charge in [-0.1, -0.05) is 80.6 Å². The van der Waals surface area contributed by atoms with Crippen molar-refractivity contribution in [3.05, 3.63) is 106 Å². The van der Waals surface area contributed by atoms with Crippen LogP contribution in [0.15, 0.2) is 66.7 Å². The largest absolute Gasteiger partial charge is 0.374 e. The minimum atomic E-state index is -0.719. The zero-order chi connectivity index (χ0) is 31.3. The maximum atomic E-state index is 14.3. The number of ketones is 3. The van der Waals surface area contributed by atoms with E-state index in [4.69, 9.17) is 4.74 Å². The quantitative estimate of drug-likeness (QED) is 0.192. The molecule has 1 heterocycles. The van der Waals surface area contributed by atoms with Crippen LogP contribution in [0.5, 0.6) is 0 Å². The zero-order valence-corrected chi connectivity index (χ0v) is 27.0. The molecule has 0 radical (unpaired) electrons. The fourth-order valence-corrected chi connectivity index (χ4v) is 6.75. The summed E-state index contributed by atoms with van der Waals surface area (Å²) in [5.74, 6) is -1.46. The third-order valence-electron chi connectivity index (χ3n) is 9.84. The van der Waals surface area contributed by atoms with Crippen molar-refractivity contribution >= 4 is 17.3 Å². The van der Waals surface area contributed by atoms with Gasteiger partial charge in [0.2, 0.25) is 0 Å². The van der Waals surface area contributed by atoms with E-state index >= 15 is 0 Å². The molecule has 0 aromatic heterocycles. The fourth-order valence-electron chi connectivity index (χ4n) is 6.75. The summed E-state index contributed by atoms with van der Waals surface area (Å²) in [6.07, 6.45) is 2.88. The predicted molar refractivity (Wildman–Crippen MR) is 174 cm³/mol. The molecule has 0 amide bonds. The van der Waals surface area contributed by atoms with Gasteiger partial charge in [0.25, 0.3) is 0 Å². The van der Waals surface area contributed by atoms with Crippen LogP contribution in [0.1, 0.15) is 84.3 Å². The Labute approximate surface area is 258 Å². The standard InChI is InChI=1S/C39H48O4/c1-8-29-16-18-30(19-17-29)22-32(23-36(41)33-15-11-13-25(2)27(33)4)28(5)38(42)34-24-43-39(6,7)37(34)35(40)21-20-31-14-10-9-12-26(31)3/h9-19,28,32,34,37H,8,20-24H2,1-7H3. The van der Waals surface area contributed by atoms with Gasteiger partial charge < -0.3 is 4.74 Å². The van der Waals surface area contributed by atoms with E-state index in [0.29, 0.717) is 19.3 Å². The Bertz CT molecular complexity index is 1450. The van der Waals surface area contributed by atoms with Crippen molar-refractivity contribution in [2.45, 2.75) is 86.2 Å². The van der Waals surface area contributed by atoms with Crippen molar-refractivity contribution < 1.29 is 19.1 Å². The van der Waals surface area contributed by atoms with E-state index in [-0.39, 0.29) is 36.3 Å². The third kappa shape index (κ3) is 7.59. The summed E-state index contributed by atoms with van der Waals surface area (Å²) in [7, 11) is 0. The second-order valence-electron chi connectivity index (χ2n) is 13.1. The Morgan fingerprint density at radius 1 is 0.884 bits per heavy atom. The molecule has 0 N–H and O–H groups in total. The summed E-state index contributed by atoms with van der Waals surface area (Å²) in [5.41, 5.74) is 6.77. The predicted octanol–water partition coefficient (Wildman–Crippen LogP) is 8.05. The first-order chi connectivity index (χ1) is 20.4. The van der Waals surface area contributed by atoms with Gasteiger partial charge in [-0.05, 0) is 93.2 Å². The molecular formula is C39H48O4. The van der Waals surface area contributed by atoms with Crippen molar-refractivity contribution in [1.29, 1.82) is 0 Å². The minimum absolute atomic E-state index is 0.0313. The zero-order valence-electron chi connectivity index (χ0n) is 27.0. The molecular weight excluding hydrogens is 532 g/mol. The molecule has 1 fully saturated rings.